The second-order valence-electron chi connectivity index (χ2n) is 10.3. The number of halogens is 1. The summed E-state index contributed by atoms with van der Waals surface area (Å²) in [5, 5.41) is 3.89. The Morgan fingerprint density at radius 2 is 1.68 bits per heavy atom. The van der Waals surface area contributed by atoms with Gasteiger partial charge in [-0.2, -0.15) is 0 Å². The van der Waals surface area contributed by atoms with Crippen LogP contribution in [-0.2, 0) is 17.9 Å². The minimum atomic E-state index is -0.254. The summed E-state index contributed by atoms with van der Waals surface area (Å²) in [6.07, 6.45) is 3.84. The molecule has 4 aromatic rings. The van der Waals surface area contributed by atoms with E-state index in [9.17, 15) is 9.59 Å². The van der Waals surface area contributed by atoms with E-state index in [0.717, 1.165) is 30.8 Å². The molecule has 38 heavy (non-hydrogen) atoms. The standard InChI is InChI=1S/C31H33ClN4O2/c1-21(2)33-29(37)20-36-30(25-10-7-11-26(32)17-25)34-28-13-12-24(18-27(28)31(36)38)23-9-6-8-22(16-23)19-35-14-4-3-5-15-35/h6-13,16-18,21H,3-5,14-15,19-20H2,1-2H3,(H,33,37). The fraction of sp³-hybridized carbons (Fsp3) is 0.323. The molecule has 0 bridgehead atoms. The quantitative estimate of drug-likeness (QED) is 0.324. The van der Waals surface area contributed by atoms with Crippen molar-refractivity contribution in [3.8, 4) is 22.5 Å². The molecule has 1 aliphatic heterocycles. The Bertz CT molecular complexity index is 1520. The number of aromatic nitrogens is 2. The second kappa shape index (κ2) is 11.5. The number of hydrogen-bond acceptors (Lipinski definition) is 4. The Morgan fingerprint density at radius 3 is 2.45 bits per heavy atom. The number of piperidine rings is 1. The fourth-order valence-electron chi connectivity index (χ4n) is 5.13. The van der Waals surface area contributed by atoms with Crippen molar-refractivity contribution in [1.29, 1.82) is 0 Å². The van der Waals surface area contributed by atoms with Gasteiger partial charge in [0.2, 0.25) is 5.91 Å². The average Bonchev–Trinajstić information content (AvgIpc) is 2.90. The molecule has 3 aromatic carbocycles. The van der Waals surface area contributed by atoms with Gasteiger partial charge >= 0.3 is 0 Å². The lowest BCUT2D eigenvalue weighted by Crippen LogP contribution is -2.37. The predicted octanol–water partition coefficient (Wildman–Crippen LogP) is 5.89. The summed E-state index contributed by atoms with van der Waals surface area (Å²) in [5.41, 5.74) is 4.29. The SMILES string of the molecule is CC(C)NC(=O)Cn1c(-c2cccc(Cl)c2)nc2ccc(-c3cccc(CN4CCCCC4)c3)cc2c1=O. The van der Waals surface area contributed by atoms with E-state index in [1.807, 2.05) is 44.2 Å². The molecule has 0 radical (unpaired) electrons. The first-order valence-electron chi connectivity index (χ1n) is 13.3. The highest BCUT2D eigenvalue weighted by Gasteiger charge is 2.17. The van der Waals surface area contributed by atoms with Crippen LogP contribution >= 0.6 is 11.6 Å². The number of likely N-dealkylation sites (tertiary alicyclic amines) is 1. The molecule has 1 fully saturated rings. The third kappa shape index (κ3) is 5.98. The Kier molecular flexibility index (Phi) is 7.91. The van der Waals surface area contributed by atoms with E-state index >= 15 is 0 Å². The number of nitrogens with one attached hydrogen (secondary N) is 1. The molecule has 0 spiro atoms. The summed E-state index contributed by atoms with van der Waals surface area (Å²) in [4.78, 5) is 33.9. The molecule has 1 aliphatic rings. The zero-order valence-corrected chi connectivity index (χ0v) is 22.7. The van der Waals surface area contributed by atoms with Crippen LogP contribution < -0.4 is 10.9 Å². The van der Waals surface area contributed by atoms with Crippen LogP contribution in [0.15, 0.2) is 71.5 Å². The Balaban J connectivity index is 1.56. The number of amides is 1. The summed E-state index contributed by atoms with van der Waals surface area (Å²) in [7, 11) is 0. The highest BCUT2D eigenvalue weighted by Crippen LogP contribution is 2.27. The van der Waals surface area contributed by atoms with Gasteiger partial charge in [-0.25, -0.2) is 4.98 Å². The normalized spacial score (nSPS) is 14.2. The summed E-state index contributed by atoms with van der Waals surface area (Å²) in [6.45, 7) is 6.88. The Hall–Kier alpha value is -3.48. The Morgan fingerprint density at radius 1 is 0.947 bits per heavy atom. The molecule has 1 aromatic heterocycles. The van der Waals surface area contributed by atoms with Crippen LogP contribution in [0.4, 0.5) is 0 Å². The van der Waals surface area contributed by atoms with Gasteiger partial charge in [0.05, 0.1) is 10.9 Å². The van der Waals surface area contributed by atoms with Gasteiger partial charge in [-0.3, -0.25) is 19.1 Å². The Labute approximate surface area is 228 Å². The van der Waals surface area contributed by atoms with Gasteiger partial charge in [0.1, 0.15) is 12.4 Å². The molecule has 1 saturated heterocycles. The van der Waals surface area contributed by atoms with E-state index < -0.39 is 0 Å². The number of rotatable bonds is 7. The minimum absolute atomic E-state index is 0.0370. The number of benzene rings is 3. The molecule has 0 aliphatic carbocycles. The number of fused-ring (bicyclic) bond motifs is 1. The van der Waals surface area contributed by atoms with Gasteiger partial charge < -0.3 is 5.32 Å². The highest BCUT2D eigenvalue weighted by molar-refractivity contribution is 6.30. The summed E-state index contributed by atoms with van der Waals surface area (Å²) >= 11 is 6.25. The third-order valence-corrected chi connectivity index (χ3v) is 7.14. The largest absolute Gasteiger partial charge is 0.352 e. The molecule has 196 valence electrons. The van der Waals surface area contributed by atoms with Crippen molar-refractivity contribution in [2.24, 2.45) is 0 Å². The van der Waals surface area contributed by atoms with Crippen LogP contribution in [0.3, 0.4) is 0 Å². The van der Waals surface area contributed by atoms with Crippen molar-refractivity contribution < 1.29 is 4.79 Å². The highest BCUT2D eigenvalue weighted by atomic mass is 35.5. The van der Waals surface area contributed by atoms with E-state index in [4.69, 9.17) is 16.6 Å². The number of hydrogen-bond donors (Lipinski definition) is 1. The predicted molar refractivity (Wildman–Crippen MR) is 154 cm³/mol. The second-order valence-corrected chi connectivity index (χ2v) is 10.8. The lowest BCUT2D eigenvalue weighted by Gasteiger charge is -2.26. The third-order valence-electron chi connectivity index (χ3n) is 6.90. The van der Waals surface area contributed by atoms with Gasteiger partial charge in [-0.1, -0.05) is 54.4 Å². The minimum Gasteiger partial charge on any atom is -0.352 e. The van der Waals surface area contributed by atoms with Crippen LogP contribution in [0.2, 0.25) is 5.02 Å². The molecule has 0 atom stereocenters. The molecule has 7 heteroatoms. The maximum atomic E-state index is 13.8. The lowest BCUT2D eigenvalue weighted by atomic mass is 10.0. The van der Waals surface area contributed by atoms with Crippen molar-refractivity contribution in [1.82, 2.24) is 19.8 Å². The molecule has 5 rings (SSSR count). The van der Waals surface area contributed by atoms with Crippen molar-refractivity contribution in [2.75, 3.05) is 13.1 Å². The zero-order valence-electron chi connectivity index (χ0n) is 21.9. The van der Waals surface area contributed by atoms with E-state index in [0.29, 0.717) is 27.3 Å². The van der Waals surface area contributed by atoms with Gasteiger partial charge in [0.15, 0.2) is 0 Å². The van der Waals surface area contributed by atoms with Gasteiger partial charge in [0.25, 0.3) is 5.56 Å². The van der Waals surface area contributed by atoms with E-state index in [1.165, 1.54) is 29.4 Å². The van der Waals surface area contributed by atoms with Gasteiger partial charge in [-0.05, 0) is 86.8 Å². The first kappa shape index (κ1) is 26.1. The van der Waals surface area contributed by atoms with Crippen molar-refractivity contribution in [3.05, 3.63) is 87.7 Å². The van der Waals surface area contributed by atoms with Crippen LogP contribution in [0, 0.1) is 0 Å². The van der Waals surface area contributed by atoms with E-state index in [1.54, 1.807) is 12.1 Å². The first-order valence-corrected chi connectivity index (χ1v) is 13.7. The number of carbonyl (C=O) groups excluding carboxylic acids is 1. The number of nitrogens with zero attached hydrogens (tertiary/aromatic N) is 3. The molecule has 0 saturated carbocycles. The summed E-state index contributed by atoms with van der Waals surface area (Å²) in [6, 6.07) is 21.5. The van der Waals surface area contributed by atoms with Crippen molar-refractivity contribution in [2.45, 2.75) is 52.2 Å². The van der Waals surface area contributed by atoms with E-state index in [2.05, 4.69) is 34.5 Å². The molecule has 2 heterocycles. The van der Waals surface area contributed by atoms with E-state index in [-0.39, 0.29) is 24.1 Å². The number of carbonyl (C=O) groups is 1. The molecule has 6 nitrogen and oxygen atoms in total. The zero-order chi connectivity index (χ0) is 26.6. The van der Waals surface area contributed by atoms with Crippen LogP contribution in [-0.4, -0.2) is 39.5 Å². The fourth-order valence-corrected chi connectivity index (χ4v) is 5.32. The maximum Gasteiger partial charge on any atom is 0.262 e. The first-order chi connectivity index (χ1) is 18.4. The lowest BCUT2D eigenvalue weighted by molar-refractivity contribution is -0.122. The molecular formula is C31H33ClN4O2. The summed E-state index contributed by atoms with van der Waals surface area (Å²) < 4.78 is 1.45. The van der Waals surface area contributed by atoms with Crippen LogP contribution in [0.1, 0.15) is 38.7 Å². The van der Waals surface area contributed by atoms with Crippen molar-refractivity contribution >= 4 is 28.4 Å². The molecule has 1 N–H and O–H groups in total. The smallest absolute Gasteiger partial charge is 0.262 e. The topological polar surface area (TPSA) is 67.2 Å². The van der Waals surface area contributed by atoms with Crippen LogP contribution in [0.25, 0.3) is 33.4 Å². The van der Waals surface area contributed by atoms with Crippen LogP contribution in [0.5, 0.6) is 0 Å². The maximum absolute atomic E-state index is 13.8. The molecular weight excluding hydrogens is 496 g/mol. The molecule has 1 amide bonds. The molecule has 0 unspecified atom stereocenters. The van der Waals surface area contributed by atoms with Gasteiger partial charge in [0, 0.05) is 23.2 Å². The average molecular weight is 529 g/mol. The van der Waals surface area contributed by atoms with Gasteiger partial charge in [-0.15, -0.1) is 0 Å². The monoisotopic (exact) mass is 528 g/mol. The summed E-state index contributed by atoms with van der Waals surface area (Å²) in [5.74, 6) is 0.174. The van der Waals surface area contributed by atoms with Crippen molar-refractivity contribution in [3.63, 3.8) is 0 Å².